The Kier molecular flexibility index (Phi) is 5.03. The molecule has 0 amide bonds. The normalized spacial score (nSPS) is 16.5. The number of ether oxygens (including phenoxy) is 1. The summed E-state index contributed by atoms with van der Waals surface area (Å²) in [7, 11) is -3.47. The highest BCUT2D eigenvalue weighted by molar-refractivity contribution is 7.89. The molecule has 28 heavy (non-hydrogen) atoms. The van der Waals surface area contributed by atoms with Gasteiger partial charge in [0, 0.05) is 31.5 Å². The van der Waals surface area contributed by atoms with Gasteiger partial charge in [-0.25, -0.2) is 17.9 Å². The molecule has 1 aliphatic rings. The molecule has 1 fully saturated rings. The Labute approximate surface area is 164 Å². The zero-order valence-corrected chi connectivity index (χ0v) is 16.8. The maximum Gasteiger partial charge on any atom is 0.244 e. The third-order valence-corrected chi connectivity index (χ3v) is 7.11. The van der Waals surface area contributed by atoms with Crippen LogP contribution in [-0.2, 0) is 10.0 Å². The molecular formula is C19H23N5O3S. The molecule has 0 aliphatic carbocycles. The van der Waals surface area contributed by atoms with E-state index in [4.69, 9.17) is 4.74 Å². The first-order valence-electron chi connectivity index (χ1n) is 9.31. The van der Waals surface area contributed by atoms with E-state index in [0.717, 1.165) is 29.9 Å². The van der Waals surface area contributed by atoms with Crippen LogP contribution in [0, 0.1) is 19.8 Å². The second kappa shape index (κ2) is 7.48. The van der Waals surface area contributed by atoms with Gasteiger partial charge in [-0.05, 0) is 50.8 Å². The number of nitrogens with zero attached hydrogens (tertiary/aromatic N) is 5. The van der Waals surface area contributed by atoms with E-state index in [-0.39, 0.29) is 4.90 Å². The molecule has 0 bridgehead atoms. The Bertz CT molecular complexity index is 1070. The van der Waals surface area contributed by atoms with E-state index in [1.54, 1.807) is 22.8 Å². The summed E-state index contributed by atoms with van der Waals surface area (Å²) >= 11 is 0. The average Bonchev–Trinajstić information content (AvgIpc) is 3.01. The second-order valence-corrected chi connectivity index (χ2v) is 9.01. The number of rotatable bonds is 5. The van der Waals surface area contributed by atoms with Crippen LogP contribution in [0.1, 0.15) is 24.2 Å². The highest BCUT2D eigenvalue weighted by Gasteiger charge is 2.29. The second-order valence-electron chi connectivity index (χ2n) is 7.07. The zero-order valence-electron chi connectivity index (χ0n) is 15.9. The predicted molar refractivity (Wildman–Crippen MR) is 104 cm³/mol. The third-order valence-electron chi connectivity index (χ3n) is 5.23. The zero-order chi connectivity index (χ0) is 19.7. The Balaban J connectivity index is 1.35. The molecule has 0 unspecified atom stereocenters. The minimum Gasteiger partial charge on any atom is -0.476 e. The van der Waals surface area contributed by atoms with Crippen molar-refractivity contribution in [3.8, 4) is 5.88 Å². The molecule has 0 atom stereocenters. The first-order chi connectivity index (χ1) is 13.4. The number of aryl methyl sites for hydroxylation is 2. The number of aromatic nitrogens is 4. The summed E-state index contributed by atoms with van der Waals surface area (Å²) in [4.78, 5) is 8.60. The molecule has 0 N–H and O–H groups in total. The van der Waals surface area contributed by atoms with Crippen molar-refractivity contribution in [2.75, 3.05) is 19.7 Å². The lowest BCUT2D eigenvalue weighted by molar-refractivity contribution is 0.179. The van der Waals surface area contributed by atoms with Gasteiger partial charge in [0.2, 0.25) is 15.9 Å². The Hall–Kier alpha value is -2.52. The summed E-state index contributed by atoms with van der Waals surface area (Å²) in [6.45, 7) is 5.42. The molecule has 4 heterocycles. The van der Waals surface area contributed by atoms with Crippen LogP contribution in [0.25, 0.3) is 5.65 Å². The van der Waals surface area contributed by atoms with Gasteiger partial charge in [-0.1, -0.05) is 0 Å². The quantitative estimate of drug-likeness (QED) is 0.651. The van der Waals surface area contributed by atoms with Crippen molar-refractivity contribution in [2.24, 2.45) is 5.92 Å². The lowest BCUT2D eigenvalue weighted by atomic mass is 9.99. The molecule has 3 aromatic rings. The maximum atomic E-state index is 12.7. The minimum atomic E-state index is -3.47. The van der Waals surface area contributed by atoms with Gasteiger partial charge in [0.05, 0.1) is 18.0 Å². The van der Waals surface area contributed by atoms with Crippen molar-refractivity contribution >= 4 is 15.7 Å². The van der Waals surface area contributed by atoms with Crippen molar-refractivity contribution in [1.82, 2.24) is 23.9 Å². The van der Waals surface area contributed by atoms with Crippen molar-refractivity contribution in [1.29, 1.82) is 0 Å². The van der Waals surface area contributed by atoms with Crippen molar-refractivity contribution in [2.45, 2.75) is 31.6 Å². The summed E-state index contributed by atoms with van der Waals surface area (Å²) in [5.41, 5.74) is 2.75. The lowest BCUT2D eigenvalue weighted by Crippen LogP contribution is -2.39. The Morgan fingerprint density at radius 2 is 1.96 bits per heavy atom. The summed E-state index contributed by atoms with van der Waals surface area (Å²) in [6, 6.07) is 6.94. The van der Waals surface area contributed by atoms with Crippen LogP contribution in [0.5, 0.6) is 5.88 Å². The standard InChI is InChI=1S/C19H23N5O3S/c1-14-15(2)24-18(21-14)5-6-19(22-24)27-13-16-7-10-23(11-8-16)28(25,26)17-4-3-9-20-12-17/h3-6,9,12,16H,7-8,10-11,13H2,1-2H3. The van der Waals surface area contributed by atoms with Crippen molar-refractivity contribution < 1.29 is 13.2 Å². The molecule has 1 saturated heterocycles. The van der Waals surface area contributed by atoms with Gasteiger partial charge in [-0.15, -0.1) is 5.10 Å². The smallest absolute Gasteiger partial charge is 0.244 e. The fraction of sp³-hybridized carbons (Fsp3) is 0.421. The molecule has 0 radical (unpaired) electrons. The van der Waals surface area contributed by atoms with E-state index in [0.29, 0.717) is 31.5 Å². The third kappa shape index (κ3) is 3.59. The first-order valence-corrected chi connectivity index (χ1v) is 10.7. The van der Waals surface area contributed by atoms with E-state index < -0.39 is 10.0 Å². The van der Waals surface area contributed by atoms with E-state index >= 15 is 0 Å². The highest BCUT2D eigenvalue weighted by Crippen LogP contribution is 2.24. The number of piperidine rings is 1. The number of fused-ring (bicyclic) bond motifs is 1. The molecule has 148 valence electrons. The fourth-order valence-corrected chi connectivity index (χ4v) is 4.82. The molecule has 0 aromatic carbocycles. The number of pyridine rings is 1. The summed E-state index contributed by atoms with van der Waals surface area (Å²) in [5.74, 6) is 0.849. The van der Waals surface area contributed by atoms with Crippen LogP contribution < -0.4 is 4.74 Å². The Morgan fingerprint density at radius 1 is 1.18 bits per heavy atom. The van der Waals surface area contributed by atoms with Gasteiger partial charge >= 0.3 is 0 Å². The van der Waals surface area contributed by atoms with Crippen LogP contribution in [0.2, 0.25) is 0 Å². The number of hydrogen-bond donors (Lipinski definition) is 0. The van der Waals surface area contributed by atoms with E-state index in [1.165, 1.54) is 10.5 Å². The highest BCUT2D eigenvalue weighted by atomic mass is 32.2. The first kappa shape index (κ1) is 18.8. The van der Waals surface area contributed by atoms with E-state index in [9.17, 15) is 8.42 Å². The van der Waals surface area contributed by atoms with Gasteiger partial charge in [-0.2, -0.15) is 4.31 Å². The molecule has 8 nitrogen and oxygen atoms in total. The maximum absolute atomic E-state index is 12.7. The van der Waals surface area contributed by atoms with Gasteiger partial charge in [0.1, 0.15) is 4.90 Å². The monoisotopic (exact) mass is 401 g/mol. The van der Waals surface area contributed by atoms with Crippen molar-refractivity contribution in [3.05, 3.63) is 48.0 Å². The van der Waals surface area contributed by atoms with Crippen molar-refractivity contribution in [3.63, 3.8) is 0 Å². The van der Waals surface area contributed by atoms with Gasteiger partial charge < -0.3 is 4.74 Å². The largest absolute Gasteiger partial charge is 0.476 e. The molecule has 0 saturated carbocycles. The summed E-state index contributed by atoms with van der Waals surface area (Å²) in [5, 5.41) is 4.49. The van der Waals surface area contributed by atoms with Crippen LogP contribution in [0.15, 0.2) is 41.6 Å². The van der Waals surface area contributed by atoms with Crippen LogP contribution in [0.3, 0.4) is 0 Å². The predicted octanol–water partition coefficient (Wildman–Crippen LogP) is 2.22. The molecule has 9 heteroatoms. The van der Waals surface area contributed by atoms with E-state index in [1.807, 2.05) is 26.0 Å². The molecule has 3 aromatic heterocycles. The molecule has 1 aliphatic heterocycles. The van der Waals surface area contributed by atoms with Gasteiger partial charge in [0.25, 0.3) is 0 Å². The van der Waals surface area contributed by atoms with Crippen LogP contribution >= 0.6 is 0 Å². The van der Waals surface area contributed by atoms with Crippen LogP contribution in [-0.4, -0.2) is 52.0 Å². The van der Waals surface area contributed by atoms with Gasteiger partial charge in [-0.3, -0.25) is 4.98 Å². The lowest BCUT2D eigenvalue weighted by Gasteiger charge is -2.30. The average molecular weight is 401 g/mol. The topological polar surface area (TPSA) is 89.7 Å². The summed E-state index contributed by atoms with van der Waals surface area (Å²) < 4.78 is 34.5. The molecular weight excluding hydrogens is 378 g/mol. The Morgan fingerprint density at radius 3 is 2.68 bits per heavy atom. The minimum absolute atomic E-state index is 0.244. The number of sulfonamides is 1. The van der Waals surface area contributed by atoms with E-state index in [2.05, 4.69) is 15.1 Å². The van der Waals surface area contributed by atoms with Crippen LogP contribution in [0.4, 0.5) is 0 Å². The summed E-state index contributed by atoms with van der Waals surface area (Å²) in [6.07, 6.45) is 4.47. The SMILES string of the molecule is Cc1nc2ccc(OCC3CCN(S(=O)(=O)c4cccnc4)CC3)nn2c1C. The molecule has 4 rings (SSSR count). The number of hydrogen-bond acceptors (Lipinski definition) is 6. The van der Waals surface area contributed by atoms with Gasteiger partial charge in [0.15, 0.2) is 5.65 Å². The molecule has 0 spiro atoms. The fourth-order valence-electron chi connectivity index (χ4n) is 3.38. The number of imidazole rings is 1.